The van der Waals surface area contributed by atoms with E-state index in [1.807, 2.05) is 0 Å². The van der Waals surface area contributed by atoms with E-state index in [0.717, 1.165) is 38.5 Å². The van der Waals surface area contributed by atoms with Crippen molar-refractivity contribution in [1.82, 2.24) is 0 Å². The zero-order valence-electron chi connectivity index (χ0n) is 11.7. The molecule has 0 aliphatic heterocycles. The Morgan fingerprint density at radius 2 is 1.37 bits per heavy atom. The normalized spacial score (nSPS) is 20.0. The molecule has 1 aliphatic carbocycles. The maximum Gasteiger partial charge on any atom is 0.309 e. The van der Waals surface area contributed by atoms with Crippen LogP contribution in [0.1, 0.15) is 77.0 Å². The predicted molar refractivity (Wildman–Crippen MR) is 73.1 cm³/mol. The number of hydrogen-bond acceptors (Lipinski definition) is 2. The van der Waals surface area contributed by atoms with E-state index in [1.54, 1.807) is 0 Å². The third-order valence-corrected chi connectivity index (χ3v) is 4.31. The lowest BCUT2D eigenvalue weighted by Crippen LogP contribution is -2.31. The maximum absolute atomic E-state index is 11.7. The average molecular weight is 270 g/mol. The van der Waals surface area contributed by atoms with Gasteiger partial charge in [0, 0.05) is 6.42 Å². The highest BCUT2D eigenvalue weighted by atomic mass is 16.4. The van der Waals surface area contributed by atoms with E-state index in [0.29, 0.717) is 19.3 Å². The first kappa shape index (κ1) is 16.0. The molecule has 0 bridgehead atoms. The number of carbonyl (C=O) groups is 2. The van der Waals surface area contributed by atoms with Gasteiger partial charge in [0.25, 0.3) is 0 Å². The number of carboxylic acids is 2. The van der Waals surface area contributed by atoms with Crippen LogP contribution in [0.4, 0.5) is 0 Å². The zero-order valence-corrected chi connectivity index (χ0v) is 11.7. The summed E-state index contributed by atoms with van der Waals surface area (Å²) in [6.45, 7) is 0. The highest BCUT2D eigenvalue weighted by Crippen LogP contribution is 2.38. The fourth-order valence-corrected chi connectivity index (χ4v) is 3.07. The van der Waals surface area contributed by atoms with Gasteiger partial charge in [0.15, 0.2) is 0 Å². The highest BCUT2D eigenvalue weighted by Gasteiger charge is 2.36. The molecule has 4 heteroatoms. The number of unbranched alkanes of at least 4 members (excludes halogenated alkanes) is 1. The molecule has 0 heterocycles. The molecule has 0 aromatic carbocycles. The minimum Gasteiger partial charge on any atom is -0.481 e. The van der Waals surface area contributed by atoms with Crippen LogP contribution in [0.3, 0.4) is 0 Å². The number of carboxylic acid groups (broad SMARTS) is 2. The van der Waals surface area contributed by atoms with Crippen LogP contribution < -0.4 is 0 Å². The standard InChI is InChI=1S/C15H26O4/c16-13(17)9-5-8-12-15(14(18)19)10-6-3-1-2-4-7-11-15/h1-12H2,(H,16,17)(H,18,19). The van der Waals surface area contributed by atoms with Crippen LogP contribution in [-0.2, 0) is 9.59 Å². The van der Waals surface area contributed by atoms with E-state index >= 15 is 0 Å². The lowest BCUT2D eigenvalue weighted by Gasteiger charge is -2.29. The van der Waals surface area contributed by atoms with E-state index in [2.05, 4.69) is 0 Å². The molecule has 1 rings (SSSR count). The van der Waals surface area contributed by atoms with Crippen LogP contribution in [0.2, 0.25) is 0 Å². The van der Waals surface area contributed by atoms with E-state index in [4.69, 9.17) is 5.11 Å². The van der Waals surface area contributed by atoms with Gasteiger partial charge in [-0.1, -0.05) is 44.9 Å². The average Bonchev–Trinajstić information content (AvgIpc) is 2.47. The van der Waals surface area contributed by atoms with Gasteiger partial charge < -0.3 is 10.2 Å². The molecule has 0 saturated heterocycles. The maximum atomic E-state index is 11.7. The molecule has 0 spiro atoms. The first-order valence-corrected chi connectivity index (χ1v) is 7.52. The zero-order chi connectivity index (χ0) is 14.1. The molecule has 0 radical (unpaired) electrons. The number of rotatable bonds is 6. The van der Waals surface area contributed by atoms with Crippen LogP contribution in [0.25, 0.3) is 0 Å². The van der Waals surface area contributed by atoms with E-state index in [1.165, 1.54) is 12.8 Å². The molecule has 1 aliphatic rings. The minimum absolute atomic E-state index is 0.149. The number of hydrogen-bond donors (Lipinski definition) is 2. The first-order valence-electron chi connectivity index (χ1n) is 7.52. The molecule has 110 valence electrons. The second-order valence-electron chi connectivity index (χ2n) is 5.81. The summed E-state index contributed by atoms with van der Waals surface area (Å²) in [7, 11) is 0. The lowest BCUT2D eigenvalue weighted by molar-refractivity contribution is -0.150. The fraction of sp³-hybridized carbons (Fsp3) is 0.867. The monoisotopic (exact) mass is 270 g/mol. The summed E-state index contributed by atoms with van der Waals surface area (Å²) in [5, 5.41) is 18.2. The van der Waals surface area contributed by atoms with Gasteiger partial charge in [-0.05, 0) is 25.7 Å². The molecular weight excluding hydrogens is 244 g/mol. The summed E-state index contributed by atoms with van der Waals surface area (Å²) < 4.78 is 0. The molecule has 19 heavy (non-hydrogen) atoms. The van der Waals surface area contributed by atoms with E-state index < -0.39 is 17.4 Å². The summed E-state index contributed by atoms with van der Waals surface area (Å²) in [5.41, 5.74) is -0.594. The van der Waals surface area contributed by atoms with Gasteiger partial charge in [-0.3, -0.25) is 9.59 Å². The van der Waals surface area contributed by atoms with Crippen molar-refractivity contribution in [3.63, 3.8) is 0 Å². The van der Waals surface area contributed by atoms with Crippen molar-refractivity contribution >= 4 is 11.9 Å². The molecule has 2 N–H and O–H groups in total. The Labute approximate surface area is 115 Å². The molecule has 0 atom stereocenters. The van der Waals surface area contributed by atoms with Gasteiger partial charge in [-0.15, -0.1) is 0 Å². The van der Waals surface area contributed by atoms with Gasteiger partial charge in [0.1, 0.15) is 0 Å². The van der Waals surface area contributed by atoms with Gasteiger partial charge in [0.2, 0.25) is 0 Å². The largest absolute Gasteiger partial charge is 0.481 e. The van der Waals surface area contributed by atoms with Crippen molar-refractivity contribution in [3.8, 4) is 0 Å². The van der Waals surface area contributed by atoms with Crippen LogP contribution in [-0.4, -0.2) is 22.2 Å². The smallest absolute Gasteiger partial charge is 0.309 e. The Morgan fingerprint density at radius 3 is 1.84 bits per heavy atom. The van der Waals surface area contributed by atoms with Crippen molar-refractivity contribution in [2.75, 3.05) is 0 Å². The van der Waals surface area contributed by atoms with Crippen LogP contribution in [0.15, 0.2) is 0 Å². The number of aliphatic carboxylic acids is 2. The molecule has 0 amide bonds. The second kappa shape index (κ2) is 8.18. The Bertz CT molecular complexity index is 289. The van der Waals surface area contributed by atoms with Crippen molar-refractivity contribution in [1.29, 1.82) is 0 Å². The van der Waals surface area contributed by atoms with Gasteiger partial charge in [-0.25, -0.2) is 0 Å². The van der Waals surface area contributed by atoms with Gasteiger partial charge in [0.05, 0.1) is 5.41 Å². The summed E-state index contributed by atoms with van der Waals surface area (Å²) in [6, 6.07) is 0. The van der Waals surface area contributed by atoms with Crippen molar-refractivity contribution < 1.29 is 19.8 Å². The van der Waals surface area contributed by atoms with Crippen LogP contribution in [0.5, 0.6) is 0 Å². The first-order chi connectivity index (χ1) is 9.07. The lowest BCUT2D eigenvalue weighted by atomic mass is 9.74. The summed E-state index contributed by atoms with van der Waals surface area (Å²) in [6.07, 6.45) is 10.3. The van der Waals surface area contributed by atoms with Crippen LogP contribution in [0, 0.1) is 5.41 Å². The minimum atomic E-state index is -0.793. The quantitative estimate of drug-likeness (QED) is 0.719. The van der Waals surface area contributed by atoms with E-state index in [9.17, 15) is 14.7 Å². The van der Waals surface area contributed by atoms with Gasteiger partial charge in [-0.2, -0.15) is 0 Å². The SMILES string of the molecule is O=C(O)CCCCC1(C(=O)O)CCCCCCCC1. The molecule has 1 saturated carbocycles. The third kappa shape index (κ3) is 5.62. The Morgan fingerprint density at radius 1 is 0.842 bits per heavy atom. The molecule has 0 aromatic rings. The van der Waals surface area contributed by atoms with Crippen LogP contribution >= 0.6 is 0 Å². The van der Waals surface area contributed by atoms with Crippen molar-refractivity contribution in [3.05, 3.63) is 0 Å². The summed E-state index contributed by atoms with van der Waals surface area (Å²) in [4.78, 5) is 22.2. The summed E-state index contributed by atoms with van der Waals surface area (Å²) in [5.74, 6) is -1.47. The Kier molecular flexibility index (Phi) is 6.89. The highest BCUT2D eigenvalue weighted by molar-refractivity contribution is 5.74. The summed E-state index contributed by atoms with van der Waals surface area (Å²) >= 11 is 0. The fourth-order valence-electron chi connectivity index (χ4n) is 3.07. The topological polar surface area (TPSA) is 74.6 Å². The predicted octanol–water partition coefficient (Wildman–Crippen LogP) is 3.84. The molecule has 0 aromatic heterocycles. The van der Waals surface area contributed by atoms with Gasteiger partial charge >= 0.3 is 11.9 Å². The Balaban J connectivity index is 2.54. The van der Waals surface area contributed by atoms with E-state index in [-0.39, 0.29) is 6.42 Å². The molecule has 0 unspecified atom stereocenters. The molecular formula is C15H26O4. The third-order valence-electron chi connectivity index (χ3n) is 4.31. The Hall–Kier alpha value is -1.06. The van der Waals surface area contributed by atoms with Crippen molar-refractivity contribution in [2.45, 2.75) is 77.0 Å². The van der Waals surface area contributed by atoms with Crippen molar-refractivity contribution in [2.24, 2.45) is 5.41 Å². The molecule has 4 nitrogen and oxygen atoms in total. The molecule has 1 fully saturated rings. The second-order valence-corrected chi connectivity index (χ2v) is 5.81.